The molecule has 0 aliphatic rings. The van der Waals surface area contributed by atoms with Crippen LogP contribution in [0.25, 0.3) is 0 Å². The summed E-state index contributed by atoms with van der Waals surface area (Å²) in [6.45, 7) is 0.532. The van der Waals surface area contributed by atoms with E-state index in [0.29, 0.717) is 12.5 Å². The normalized spacial score (nSPS) is 11.2. The van der Waals surface area contributed by atoms with Crippen molar-refractivity contribution in [3.63, 3.8) is 0 Å². The molecule has 1 aromatic heterocycles. The number of sulfonamides is 1. The van der Waals surface area contributed by atoms with Gasteiger partial charge in [0.15, 0.2) is 0 Å². The molecular weight excluding hydrogens is 264 g/mol. The van der Waals surface area contributed by atoms with Gasteiger partial charge in [-0.3, -0.25) is 0 Å². The van der Waals surface area contributed by atoms with Crippen LogP contribution in [0.5, 0.6) is 0 Å². The molecule has 0 unspecified atom stereocenters. The topological polar surface area (TPSA) is 84.0 Å². The molecule has 0 saturated carbocycles. The molecule has 0 atom stereocenters. The lowest BCUT2D eigenvalue weighted by Crippen LogP contribution is -2.18. The summed E-state index contributed by atoms with van der Waals surface area (Å²) in [6.07, 6.45) is 3.30. The molecule has 0 amide bonds. The fourth-order valence-electron chi connectivity index (χ4n) is 1.48. The average Bonchev–Trinajstić information content (AvgIpc) is 2.47. The van der Waals surface area contributed by atoms with Gasteiger partial charge in [-0.15, -0.1) is 0 Å². The first-order valence-corrected chi connectivity index (χ1v) is 7.13. The second-order valence-electron chi connectivity index (χ2n) is 3.78. The molecule has 0 bridgehead atoms. The fourth-order valence-corrected chi connectivity index (χ4v) is 2.21. The molecule has 1 heterocycles. The van der Waals surface area contributed by atoms with Gasteiger partial charge in [0.1, 0.15) is 0 Å². The summed E-state index contributed by atoms with van der Waals surface area (Å²) >= 11 is 0. The van der Waals surface area contributed by atoms with Crippen molar-refractivity contribution in [2.45, 2.75) is 11.4 Å². The van der Waals surface area contributed by atoms with Gasteiger partial charge in [-0.25, -0.2) is 23.1 Å². The summed E-state index contributed by atoms with van der Waals surface area (Å²) in [4.78, 5) is 8.32. The van der Waals surface area contributed by atoms with E-state index in [2.05, 4.69) is 20.0 Å². The van der Waals surface area contributed by atoms with E-state index in [0.717, 1.165) is 5.56 Å². The van der Waals surface area contributed by atoms with Gasteiger partial charge < -0.3 is 5.32 Å². The van der Waals surface area contributed by atoms with Crippen LogP contribution in [-0.4, -0.2) is 25.4 Å². The van der Waals surface area contributed by atoms with Crippen LogP contribution in [0.1, 0.15) is 5.56 Å². The standard InChI is InChI=1S/C12H14N4O2S/c1-13-19(17,18)11-5-3-10(4-6-11)9-16-12-14-7-2-8-15-12/h2-8,13H,9H2,1H3,(H,14,15,16). The lowest BCUT2D eigenvalue weighted by Gasteiger charge is -2.06. The second-order valence-corrected chi connectivity index (χ2v) is 5.66. The van der Waals surface area contributed by atoms with Crippen LogP contribution >= 0.6 is 0 Å². The molecule has 0 aliphatic heterocycles. The molecule has 0 aliphatic carbocycles. The first-order chi connectivity index (χ1) is 9.12. The van der Waals surface area contributed by atoms with Gasteiger partial charge in [0.05, 0.1) is 4.90 Å². The number of aromatic nitrogens is 2. The average molecular weight is 278 g/mol. The Balaban J connectivity index is 2.04. The second kappa shape index (κ2) is 5.77. The smallest absolute Gasteiger partial charge is 0.240 e. The molecule has 0 fully saturated rings. The zero-order valence-corrected chi connectivity index (χ0v) is 11.2. The summed E-state index contributed by atoms with van der Waals surface area (Å²) in [6, 6.07) is 8.37. The number of hydrogen-bond donors (Lipinski definition) is 2. The Labute approximate surface area is 112 Å². The Morgan fingerprint density at radius 2 is 1.74 bits per heavy atom. The monoisotopic (exact) mass is 278 g/mol. The molecule has 0 saturated heterocycles. The Hall–Kier alpha value is -1.99. The van der Waals surface area contributed by atoms with Crippen molar-refractivity contribution in [1.82, 2.24) is 14.7 Å². The van der Waals surface area contributed by atoms with Crippen LogP contribution in [0.3, 0.4) is 0 Å². The molecule has 7 heteroatoms. The minimum absolute atomic E-state index is 0.245. The van der Waals surface area contributed by atoms with E-state index in [9.17, 15) is 8.42 Å². The maximum atomic E-state index is 11.5. The highest BCUT2D eigenvalue weighted by molar-refractivity contribution is 7.89. The lowest BCUT2D eigenvalue weighted by atomic mass is 10.2. The zero-order chi connectivity index (χ0) is 13.7. The molecule has 2 N–H and O–H groups in total. The number of anilines is 1. The van der Waals surface area contributed by atoms with E-state index in [1.165, 1.54) is 7.05 Å². The highest BCUT2D eigenvalue weighted by Gasteiger charge is 2.10. The highest BCUT2D eigenvalue weighted by Crippen LogP contribution is 2.10. The predicted molar refractivity (Wildman–Crippen MR) is 72.0 cm³/mol. The summed E-state index contributed by atoms with van der Waals surface area (Å²) in [5, 5.41) is 3.05. The van der Waals surface area contributed by atoms with Crippen molar-refractivity contribution in [3.05, 3.63) is 48.3 Å². The molecule has 1 aromatic carbocycles. The minimum atomic E-state index is -3.38. The van der Waals surface area contributed by atoms with Crippen LogP contribution in [0, 0.1) is 0 Å². The molecule has 6 nitrogen and oxygen atoms in total. The summed E-state index contributed by atoms with van der Waals surface area (Å²) in [7, 11) is -1.99. The van der Waals surface area contributed by atoms with Crippen molar-refractivity contribution in [1.29, 1.82) is 0 Å². The van der Waals surface area contributed by atoms with E-state index in [-0.39, 0.29) is 4.90 Å². The van der Waals surface area contributed by atoms with Gasteiger partial charge in [0, 0.05) is 18.9 Å². The van der Waals surface area contributed by atoms with E-state index >= 15 is 0 Å². The number of rotatable bonds is 5. The first-order valence-electron chi connectivity index (χ1n) is 5.65. The van der Waals surface area contributed by atoms with Gasteiger partial charge in [0.25, 0.3) is 0 Å². The van der Waals surface area contributed by atoms with E-state index in [4.69, 9.17) is 0 Å². The molecule has 2 aromatic rings. The molecule has 100 valence electrons. The molecule has 0 radical (unpaired) electrons. The van der Waals surface area contributed by atoms with E-state index in [1.54, 1.807) is 42.7 Å². The molecule has 2 rings (SSSR count). The Bertz CT molecular complexity index is 627. The Morgan fingerprint density at radius 1 is 1.11 bits per heavy atom. The van der Waals surface area contributed by atoms with Gasteiger partial charge >= 0.3 is 0 Å². The minimum Gasteiger partial charge on any atom is -0.350 e. The van der Waals surface area contributed by atoms with Crippen molar-refractivity contribution in [2.24, 2.45) is 0 Å². The zero-order valence-electron chi connectivity index (χ0n) is 10.4. The number of benzene rings is 1. The van der Waals surface area contributed by atoms with Gasteiger partial charge in [-0.1, -0.05) is 12.1 Å². The Morgan fingerprint density at radius 3 is 2.32 bits per heavy atom. The third kappa shape index (κ3) is 3.49. The van der Waals surface area contributed by atoms with Crippen molar-refractivity contribution in [3.8, 4) is 0 Å². The van der Waals surface area contributed by atoms with Crippen LogP contribution in [0.15, 0.2) is 47.6 Å². The summed E-state index contributed by atoms with van der Waals surface area (Å²) < 4.78 is 25.4. The maximum absolute atomic E-state index is 11.5. The third-order valence-corrected chi connectivity index (χ3v) is 3.95. The third-order valence-electron chi connectivity index (χ3n) is 2.52. The van der Waals surface area contributed by atoms with Gasteiger partial charge in [0.2, 0.25) is 16.0 Å². The number of hydrogen-bond acceptors (Lipinski definition) is 5. The highest BCUT2D eigenvalue weighted by atomic mass is 32.2. The van der Waals surface area contributed by atoms with Crippen LogP contribution in [0.4, 0.5) is 5.95 Å². The maximum Gasteiger partial charge on any atom is 0.240 e. The Kier molecular flexibility index (Phi) is 4.08. The molecule has 0 spiro atoms. The number of nitrogens with one attached hydrogen (secondary N) is 2. The molecule has 19 heavy (non-hydrogen) atoms. The lowest BCUT2D eigenvalue weighted by molar-refractivity contribution is 0.588. The van der Waals surface area contributed by atoms with Gasteiger partial charge in [-0.05, 0) is 30.8 Å². The van der Waals surface area contributed by atoms with E-state index in [1.807, 2.05) is 0 Å². The summed E-state index contributed by atoms with van der Waals surface area (Å²) in [5.41, 5.74) is 0.947. The summed E-state index contributed by atoms with van der Waals surface area (Å²) in [5.74, 6) is 0.537. The van der Waals surface area contributed by atoms with Crippen molar-refractivity contribution in [2.75, 3.05) is 12.4 Å². The van der Waals surface area contributed by atoms with E-state index < -0.39 is 10.0 Å². The van der Waals surface area contributed by atoms with Gasteiger partial charge in [-0.2, -0.15) is 0 Å². The van der Waals surface area contributed by atoms with Crippen LogP contribution in [0.2, 0.25) is 0 Å². The van der Waals surface area contributed by atoms with Crippen LogP contribution in [-0.2, 0) is 16.6 Å². The van der Waals surface area contributed by atoms with Crippen LogP contribution < -0.4 is 10.0 Å². The van der Waals surface area contributed by atoms with Crippen molar-refractivity contribution < 1.29 is 8.42 Å². The quantitative estimate of drug-likeness (QED) is 0.852. The number of nitrogens with zero attached hydrogens (tertiary/aromatic N) is 2. The fraction of sp³-hybridized carbons (Fsp3) is 0.167. The largest absolute Gasteiger partial charge is 0.350 e. The predicted octanol–water partition coefficient (Wildman–Crippen LogP) is 0.997. The first kappa shape index (κ1) is 13.4. The molecular formula is C12H14N4O2S. The SMILES string of the molecule is CNS(=O)(=O)c1ccc(CNc2ncccn2)cc1. The van der Waals surface area contributed by atoms with Crippen molar-refractivity contribution >= 4 is 16.0 Å².